The molecular weight excluding hydrogens is 251 g/mol. The van der Waals surface area contributed by atoms with Gasteiger partial charge in [0.2, 0.25) is 0 Å². The molecule has 0 saturated carbocycles. The molecule has 0 heterocycles. The number of hydrogen-bond acceptors (Lipinski definition) is 1. The van der Waals surface area contributed by atoms with Gasteiger partial charge in [-0.2, -0.15) is 0 Å². The van der Waals surface area contributed by atoms with Gasteiger partial charge in [-0.25, -0.2) is 0 Å². The Kier molecular flexibility index (Phi) is 3.70. The van der Waals surface area contributed by atoms with E-state index in [-0.39, 0.29) is 5.78 Å². The van der Waals surface area contributed by atoms with Gasteiger partial charge >= 0.3 is 0 Å². The average molecular weight is 260 g/mol. The average Bonchev–Trinajstić information content (AvgIpc) is 2.04. The highest BCUT2D eigenvalue weighted by atomic mass is 79.9. The molecule has 0 aromatic heterocycles. The minimum atomic E-state index is -0.00694. The molecule has 0 fully saturated rings. The van der Waals surface area contributed by atoms with Crippen LogP contribution in [-0.4, -0.2) is 5.78 Å². The number of carbonyl (C=O) groups is 1. The molecule has 0 spiro atoms. The van der Waals surface area contributed by atoms with Crippen molar-refractivity contribution in [3.8, 4) is 0 Å². The largest absolute Gasteiger partial charge is 0.294 e. The summed E-state index contributed by atoms with van der Waals surface area (Å²) in [5.74, 6) is -0.00694. The summed E-state index contributed by atoms with van der Waals surface area (Å²) in [5, 5.41) is 0.473. The van der Waals surface area contributed by atoms with E-state index >= 15 is 0 Å². The molecule has 0 radical (unpaired) electrons. The maximum atomic E-state index is 11.4. The summed E-state index contributed by atoms with van der Waals surface area (Å²) in [6.07, 6.45) is 1.89. The summed E-state index contributed by atoms with van der Waals surface area (Å²) in [6.45, 7) is 3.50. The van der Waals surface area contributed by atoms with Crippen molar-refractivity contribution in [2.75, 3.05) is 0 Å². The van der Waals surface area contributed by atoms with Crippen molar-refractivity contribution in [3.63, 3.8) is 0 Å². The minimum Gasteiger partial charge on any atom is -0.294 e. The van der Waals surface area contributed by atoms with Crippen molar-refractivity contribution in [2.24, 2.45) is 0 Å². The molecule has 0 aliphatic rings. The smallest absolute Gasteiger partial charge is 0.168 e. The molecule has 13 heavy (non-hydrogen) atoms. The molecule has 0 bridgehead atoms. The van der Waals surface area contributed by atoms with Gasteiger partial charge in [-0.3, -0.25) is 4.79 Å². The summed E-state index contributed by atoms with van der Waals surface area (Å²) in [7, 11) is 0. The molecule has 0 atom stereocenters. The summed E-state index contributed by atoms with van der Waals surface area (Å²) in [4.78, 5) is 11.4. The van der Waals surface area contributed by atoms with Crippen LogP contribution >= 0.6 is 27.5 Å². The molecule has 1 rings (SSSR count). The van der Waals surface area contributed by atoms with Crippen molar-refractivity contribution in [1.29, 1.82) is 0 Å². The highest BCUT2D eigenvalue weighted by molar-refractivity contribution is 9.10. The number of hydrogen-bond donors (Lipinski definition) is 0. The standard InChI is InChI=1S/C10H8BrClO/c1-2-3-10(13)8-5-4-7(11)6-9(8)12/h2,4-6H,1,3H2. The Labute approximate surface area is 90.5 Å². The van der Waals surface area contributed by atoms with E-state index in [0.717, 1.165) is 4.47 Å². The van der Waals surface area contributed by atoms with Crippen LogP contribution in [0.1, 0.15) is 16.8 Å². The number of benzene rings is 1. The van der Waals surface area contributed by atoms with E-state index < -0.39 is 0 Å². The molecule has 0 aliphatic carbocycles. The van der Waals surface area contributed by atoms with E-state index in [4.69, 9.17) is 11.6 Å². The fourth-order valence-corrected chi connectivity index (χ4v) is 1.74. The number of Topliss-reactive ketones (excluding diaryl/α,β-unsaturated/α-hetero) is 1. The zero-order valence-corrected chi connectivity index (χ0v) is 9.23. The van der Waals surface area contributed by atoms with Crippen LogP contribution in [0.25, 0.3) is 0 Å². The molecule has 0 N–H and O–H groups in total. The quantitative estimate of drug-likeness (QED) is 0.595. The van der Waals surface area contributed by atoms with Gasteiger partial charge in [0, 0.05) is 16.5 Å². The van der Waals surface area contributed by atoms with E-state index in [1.165, 1.54) is 0 Å². The van der Waals surface area contributed by atoms with Gasteiger partial charge in [0.15, 0.2) is 5.78 Å². The van der Waals surface area contributed by atoms with Crippen LogP contribution < -0.4 is 0 Å². The lowest BCUT2D eigenvalue weighted by Gasteiger charge is -2.01. The van der Waals surface area contributed by atoms with E-state index in [1.54, 1.807) is 24.3 Å². The third-order valence-corrected chi connectivity index (χ3v) is 2.37. The van der Waals surface area contributed by atoms with Crippen molar-refractivity contribution in [1.82, 2.24) is 0 Å². The van der Waals surface area contributed by atoms with Crippen LogP contribution in [0.5, 0.6) is 0 Å². The number of ketones is 1. The highest BCUT2D eigenvalue weighted by Gasteiger charge is 2.08. The van der Waals surface area contributed by atoms with Crippen molar-refractivity contribution in [3.05, 3.63) is 45.9 Å². The predicted molar refractivity (Wildman–Crippen MR) is 58.3 cm³/mol. The van der Waals surface area contributed by atoms with Gasteiger partial charge in [-0.15, -0.1) is 6.58 Å². The third-order valence-electron chi connectivity index (χ3n) is 1.56. The first kappa shape index (κ1) is 10.5. The van der Waals surface area contributed by atoms with Crippen molar-refractivity contribution >= 4 is 33.3 Å². The normalized spacial score (nSPS) is 9.69. The summed E-state index contributed by atoms with van der Waals surface area (Å²) >= 11 is 9.14. The Morgan fingerprint density at radius 1 is 1.62 bits per heavy atom. The monoisotopic (exact) mass is 258 g/mol. The zero-order valence-electron chi connectivity index (χ0n) is 6.89. The molecule has 0 aliphatic heterocycles. The fourth-order valence-electron chi connectivity index (χ4n) is 0.957. The highest BCUT2D eigenvalue weighted by Crippen LogP contribution is 2.22. The van der Waals surface area contributed by atoms with Gasteiger partial charge in [0.1, 0.15) is 0 Å². The molecule has 0 unspecified atom stereocenters. The predicted octanol–water partition coefficient (Wildman–Crippen LogP) is 3.86. The van der Waals surface area contributed by atoms with Crippen molar-refractivity contribution < 1.29 is 4.79 Å². The minimum absolute atomic E-state index is 0.00694. The first-order chi connectivity index (χ1) is 6.15. The van der Waals surface area contributed by atoms with E-state index in [1.807, 2.05) is 0 Å². The SMILES string of the molecule is C=CCC(=O)c1ccc(Br)cc1Cl. The van der Waals surface area contributed by atoms with Crippen LogP contribution in [0.4, 0.5) is 0 Å². The first-order valence-corrected chi connectivity index (χ1v) is 4.91. The number of halogens is 2. The Balaban J connectivity index is 3.01. The maximum Gasteiger partial charge on any atom is 0.168 e. The van der Waals surface area contributed by atoms with Crippen LogP contribution in [0.2, 0.25) is 5.02 Å². The van der Waals surface area contributed by atoms with Crippen LogP contribution in [0.3, 0.4) is 0 Å². The molecule has 3 heteroatoms. The Morgan fingerprint density at radius 3 is 2.85 bits per heavy atom. The van der Waals surface area contributed by atoms with Crippen LogP contribution in [0, 0.1) is 0 Å². The third kappa shape index (κ3) is 2.68. The second-order valence-electron chi connectivity index (χ2n) is 2.54. The van der Waals surface area contributed by atoms with Gasteiger partial charge in [0.25, 0.3) is 0 Å². The first-order valence-electron chi connectivity index (χ1n) is 3.74. The van der Waals surface area contributed by atoms with Crippen LogP contribution in [-0.2, 0) is 0 Å². The Hall–Kier alpha value is -0.600. The molecule has 1 nitrogen and oxygen atoms in total. The summed E-state index contributed by atoms with van der Waals surface area (Å²) in [6, 6.07) is 5.21. The van der Waals surface area contributed by atoms with E-state index in [9.17, 15) is 4.79 Å². The summed E-state index contributed by atoms with van der Waals surface area (Å²) in [5.41, 5.74) is 0.546. The van der Waals surface area contributed by atoms with Gasteiger partial charge in [0.05, 0.1) is 5.02 Å². The Bertz CT molecular complexity index is 347. The second kappa shape index (κ2) is 4.58. The molecule has 1 aromatic rings. The lowest BCUT2D eigenvalue weighted by molar-refractivity contribution is 0.0996. The number of allylic oxidation sites excluding steroid dienone is 1. The Morgan fingerprint density at radius 2 is 2.31 bits per heavy atom. The second-order valence-corrected chi connectivity index (χ2v) is 3.86. The lowest BCUT2D eigenvalue weighted by atomic mass is 10.1. The molecular formula is C10H8BrClO. The summed E-state index contributed by atoms with van der Waals surface area (Å²) < 4.78 is 0.868. The maximum absolute atomic E-state index is 11.4. The topological polar surface area (TPSA) is 17.1 Å². The molecule has 68 valence electrons. The molecule has 0 amide bonds. The molecule has 0 saturated heterocycles. The molecule has 1 aromatic carbocycles. The van der Waals surface area contributed by atoms with Gasteiger partial charge in [-0.05, 0) is 18.2 Å². The fraction of sp³-hybridized carbons (Fsp3) is 0.100. The zero-order chi connectivity index (χ0) is 9.84. The number of rotatable bonds is 3. The lowest BCUT2D eigenvalue weighted by Crippen LogP contribution is -1.97. The van der Waals surface area contributed by atoms with E-state index in [0.29, 0.717) is 17.0 Å². The van der Waals surface area contributed by atoms with Crippen molar-refractivity contribution in [2.45, 2.75) is 6.42 Å². The van der Waals surface area contributed by atoms with E-state index in [2.05, 4.69) is 22.5 Å². The van der Waals surface area contributed by atoms with Crippen LogP contribution in [0.15, 0.2) is 35.3 Å². The number of carbonyl (C=O) groups excluding carboxylic acids is 1. The van der Waals surface area contributed by atoms with Gasteiger partial charge in [-0.1, -0.05) is 33.6 Å². The van der Waals surface area contributed by atoms with Gasteiger partial charge < -0.3 is 0 Å².